The number of benzene rings is 2. The second-order valence-electron chi connectivity index (χ2n) is 5.40. The summed E-state index contributed by atoms with van der Waals surface area (Å²) >= 11 is 0. The lowest BCUT2D eigenvalue weighted by Gasteiger charge is -2.11. The molecule has 25 heavy (non-hydrogen) atoms. The first-order chi connectivity index (χ1) is 11.8. The third-order valence-corrected chi connectivity index (χ3v) is 3.30. The first-order valence-corrected chi connectivity index (χ1v) is 7.28. The SMILES string of the molecule is CN(C)C(=O)c1ccc(NC(=O)CNc2ccc(F)c(F)c2F)cc1. The van der Waals surface area contributed by atoms with Crippen LogP contribution in [0.4, 0.5) is 24.5 Å². The van der Waals surface area contributed by atoms with Gasteiger partial charge in [-0.15, -0.1) is 0 Å². The molecule has 2 aromatic rings. The van der Waals surface area contributed by atoms with Crippen molar-refractivity contribution in [2.45, 2.75) is 0 Å². The summed E-state index contributed by atoms with van der Waals surface area (Å²) in [6, 6.07) is 7.97. The number of hydrogen-bond acceptors (Lipinski definition) is 3. The maximum atomic E-state index is 13.5. The summed E-state index contributed by atoms with van der Waals surface area (Å²) in [6.07, 6.45) is 0. The van der Waals surface area contributed by atoms with Crippen LogP contribution in [0, 0.1) is 17.5 Å². The third kappa shape index (κ3) is 4.50. The molecule has 0 saturated carbocycles. The molecule has 132 valence electrons. The van der Waals surface area contributed by atoms with Gasteiger partial charge in [-0.3, -0.25) is 9.59 Å². The fraction of sp³-hybridized carbons (Fsp3) is 0.176. The van der Waals surface area contributed by atoms with E-state index in [0.29, 0.717) is 11.3 Å². The molecule has 2 amide bonds. The average Bonchev–Trinajstić information content (AvgIpc) is 2.59. The molecule has 0 radical (unpaired) electrons. The van der Waals surface area contributed by atoms with Gasteiger partial charge in [0.1, 0.15) is 0 Å². The van der Waals surface area contributed by atoms with Gasteiger partial charge in [0.15, 0.2) is 17.5 Å². The number of amides is 2. The number of nitrogens with one attached hydrogen (secondary N) is 2. The Hall–Kier alpha value is -3.03. The quantitative estimate of drug-likeness (QED) is 0.815. The van der Waals surface area contributed by atoms with Crippen LogP contribution < -0.4 is 10.6 Å². The molecule has 0 aromatic heterocycles. The van der Waals surface area contributed by atoms with Crippen molar-refractivity contribution in [3.8, 4) is 0 Å². The second-order valence-corrected chi connectivity index (χ2v) is 5.40. The molecule has 0 aliphatic carbocycles. The van der Waals surface area contributed by atoms with Crippen molar-refractivity contribution >= 4 is 23.2 Å². The highest BCUT2D eigenvalue weighted by Crippen LogP contribution is 2.19. The summed E-state index contributed by atoms with van der Waals surface area (Å²) in [4.78, 5) is 25.0. The molecule has 5 nitrogen and oxygen atoms in total. The van der Waals surface area contributed by atoms with Gasteiger partial charge < -0.3 is 15.5 Å². The number of hydrogen-bond donors (Lipinski definition) is 2. The number of carbonyl (C=O) groups is 2. The van der Waals surface area contributed by atoms with Crippen molar-refractivity contribution in [1.29, 1.82) is 0 Å². The first kappa shape index (κ1) is 18.3. The maximum absolute atomic E-state index is 13.5. The molecule has 2 rings (SSSR count). The van der Waals surface area contributed by atoms with Gasteiger partial charge in [-0.05, 0) is 36.4 Å². The van der Waals surface area contributed by atoms with E-state index in [4.69, 9.17) is 0 Å². The van der Waals surface area contributed by atoms with Crippen LogP contribution in [0.5, 0.6) is 0 Å². The Morgan fingerprint density at radius 1 is 0.960 bits per heavy atom. The van der Waals surface area contributed by atoms with E-state index in [9.17, 15) is 22.8 Å². The second kappa shape index (κ2) is 7.69. The molecule has 0 atom stereocenters. The fourth-order valence-corrected chi connectivity index (χ4v) is 2.00. The lowest BCUT2D eigenvalue weighted by Crippen LogP contribution is -2.23. The number of rotatable bonds is 5. The van der Waals surface area contributed by atoms with Crippen molar-refractivity contribution in [3.63, 3.8) is 0 Å². The van der Waals surface area contributed by atoms with Crippen LogP contribution in [0.3, 0.4) is 0 Å². The Kier molecular flexibility index (Phi) is 5.63. The van der Waals surface area contributed by atoms with Gasteiger partial charge in [0.25, 0.3) is 5.91 Å². The van der Waals surface area contributed by atoms with Crippen LogP contribution in [0.15, 0.2) is 36.4 Å². The summed E-state index contributed by atoms with van der Waals surface area (Å²) in [5.74, 6) is -4.99. The van der Waals surface area contributed by atoms with Crippen LogP contribution in [-0.2, 0) is 4.79 Å². The van der Waals surface area contributed by atoms with Crippen molar-refractivity contribution in [3.05, 3.63) is 59.4 Å². The third-order valence-electron chi connectivity index (χ3n) is 3.30. The molecule has 2 aromatic carbocycles. The highest BCUT2D eigenvalue weighted by atomic mass is 19.2. The van der Waals surface area contributed by atoms with Gasteiger partial charge in [0, 0.05) is 25.3 Å². The Morgan fingerprint density at radius 3 is 2.20 bits per heavy atom. The largest absolute Gasteiger partial charge is 0.374 e. The highest BCUT2D eigenvalue weighted by molar-refractivity contribution is 5.96. The zero-order chi connectivity index (χ0) is 18.6. The maximum Gasteiger partial charge on any atom is 0.253 e. The minimum Gasteiger partial charge on any atom is -0.374 e. The summed E-state index contributed by atoms with van der Waals surface area (Å²) in [7, 11) is 3.25. The molecule has 2 N–H and O–H groups in total. The predicted octanol–water partition coefficient (Wildman–Crippen LogP) is 2.86. The summed E-state index contributed by atoms with van der Waals surface area (Å²) in [6.45, 7) is -0.347. The standard InChI is InChI=1S/C17H16F3N3O2/c1-23(2)17(25)10-3-5-11(6-4-10)22-14(24)9-21-13-8-7-12(18)15(19)16(13)20/h3-8,21H,9H2,1-2H3,(H,22,24). The predicted molar refractivity (Wildman–Crippen MR) is 87.9 cm³/mol. The number of halogens is 3. The van der Waals surface area contributed by atoms with E-state index in [2.05, 4.69) is 10.6 Å². The van der Waals surface area contributed by atoms with Crippen molar-refractivity contribution in [1.82, 2.24) is 4.90 Å². The van der Waals surface area contributed by atoms with Crippen molar-refractivity contribution < 1.29 is 22.8 Å². The molecule has 0 saturated heterocycles. The van der Waals surface area contributed by atoms with Crippen molar-refractivity contribution in [2.24, 2.45) is 0 Å². The van der Waals surface area contributed by atoms with Crippen LogP contribution in [0.1, 0.15) is 10.4 Å². The minimum atomic E-state index is -1.61. The molecule has 0 spiro atoms. The zero-order valence-corrected chi connectivity index (χ0v) is 13.6. The Bertz CT molecular complexity index is 792. The van der Waals surface area contributed by atoms with Crippen LogP contribution >= 0.6 is 0 Å². The van der Waals surface area contributed by atoms with E-state index in [-0.39, 0.29) is 18.1 Å². The Morgan fingerprint density at radius 2 is 1.60 bits per heavy atom. The van der Waals surface area contributed by atoms with E-state index in [1.807, 2.05) is 0 Å². The first-order valence-electron chi connectivity index (χ1n) is 7.28. The van der Waals surface area contributed by atoms with Gasteiger partial charge in [0.2, 0.25) is 5.91 Å². The van der Waals surface area contributed by atoms with E-state index in [1.165, 1.54) is 4.90 Å². The summed E-state index contributed by atoms with van der Waals surface area (Å²) < 4.78 is 39.4. The molecule has 0 aliphatic heterocycles. The van der Waals surface area contributed by atoms with Crippen LogP contribution in [-0.4, -0.2) is 37.4 Å². The Balaban J connectivity index is 1.95. The van der Waals surface area contributed by atoms with E-state index in [0.717, 1.165) is 12.1 Å². The molecule has 0 aliphatic rings. The molecule has 0 bridgehead atoms. The topological polar surface area (TPSA) is 61.4 Å². The van der Waals surface area contributed by atoms with E-state index < -0.39 is 23.4 Å². The number of nitrogens with zero attached hydrogens (tertiary/aromatic N) is 1. The monoisotopic (exact) mass is 351 g/mol. The number of carbonyl (C=O) groups excluding carboxylic acids is 2. The number of anilines is 2. The molecule has 8 heteroatoms. The van der Waals surface area contributed by atoms with Crippen LogP contribution in [0.2, 0.25) is 0 Å². The van der Waals surface area contributed by atoms with Gasteiger partial charge in [0.05, 0.1) is 12.2 Å². The average molecular weight is 351 g/mol. The normalized spacial score (nSPS) is 10.3. The summed E-state index contributed by atoms with van der Waals surface area (Å²) in [5.41, 5.74) is 0.582. The lowest BCUT2D eigenvalue weighted by molar-refractivity contribution is -0.114. The van der Waals surface area contributed by atoms with E-state index in [1.54, 1.807) is 38.4 Å². The van der Waals surface area contributed by atoms with Gasteiger partial charge in [-0.1, -0.05) is 0 Å². The molecule has 0 heterocycles. The van der Waals surface area contributed by atoms with Gasteiger partial charge in [-0.25, -0.2) is 13.2 Å². The van der Waals surface area contributed by atoms with Crippen LogP contribution in [0.25, 0.3) is 0 Å². The molecule has 0 fully saturated rings. The Labute approximate surface area is 142 Å². The van der Waals surface area contributed by atoms with Gasteiger partial charge in [-0.2, -0.15) is 0 Å². The lowest BCUT2D eigenvalue weighted by atomic mass is 10.2. The highest BCUT2D eigenvalue weighted by Gasteiger charge is 2.14. The zero-order valence-electron chi connectivity index (χ0n) is 13.6. The molecular formula is C17H16F3N3O2. The molecular weight excluding hydrogens is 335 g/mol. The minimum absolute atomic E-state index is 0.173. The fourth-order valence-electron chi connectivity index (χ4n) is 2.00. The van der Waals surface area contributed by atoms with Gasteiger partial charge >= 0.3 is 0 Å². The molecule has 0 unspecified atom stereocenters. The van der Waals surface area contributed by atoms with E-state index >= 15 is 0 Å². The summed E-state index contributed by atoms with van der Waals surface area (Å²) in [5, 5.41) is 4.93. The van der Waals surface area contributed by atoms with Crippen molar-refractivity contribution in [2.75, 3.05) is 31.3 Å². The smallest absolute Gasteiger partial charge is 0.253 e.